The van der Waals surface area contributed by atoms with E-state index in [9.17, 15) is 14.0 Å². The van der Waals surface area contributed by atoms with Gasteiger partial charge in [0.25, 0.3) is 11.8 Å². The molecule has 31 heavy (non-hydrogen) atoms. The molecule has 162 valence electrons. The zero-order chi connectivity index (χ0) is 22.4. The summed E-state index contributed by atoms with van der Waals surface area (Å²) >= 11 is 5.95. The summed E-state index contributed by atoms with van der Waals surface area (Å²) in [4.78, 5) is 30.4. The molecular weight excluding hydrogens is 415 g/mol. The number of carbonyl (C=O) groups excluding carboxylic acids is 2. The van der Waals surface area contributed by atoms with Crippen LogP contribution in [0.1, 0.15) is 37.0 Å². The molecule has 2 atom stereocenters. The van der Waals surface area contributed by atoms with Gasteiger partial charge in [-0.05, 0) is 67.0 Å². The standard InChI is InChI=1S/C25H26ClFN2O2/c1-14-9-15(2)13-28(12-14)23-22(18-6-5-16(3)17(4)10-18)24(30)29(25(23)31)19-7-8-21(27)20(26)11-19/h5-8,10-11,14-15H,9,12-13H2,1-4H3. The topological polar surface area (TPSA) is 40.6 Å². The number of hydrogen-bond donors (Lipinski definition) is 0. The lowest BCUT2D eigenvalue weighted by Crippen LogP contribution is -2.42. The monoisotopic (exact) mass is 440 g/mol. The number of carbonyl (C=O) groups is 2. The van der Waals surface area contributed by atoms with Crippen LogP contribution in [0.2, 0.25) is 5.02 Å². The minimum atomic E-state index is -0.592. The molecule has 1 fully saturated rings. The Kier molecular flexibility index (Phi) is 5.65. The van der Waals surface area contributed by atoms with Gasteiger partial charge in [0.1, 0.15) is 11.5 Å². The molecule has 0 saturated carbocycles. The summed E-state index contributed by atoms with van der Waals surface area (Å²) in [6, 6.07) is 9.73. The van der Waals surface area contributed by atoms with Crippen molar-refractivity contribution in [2.75, 3.05) is 18.0 Å². The van der Waals surface area contributed by atoms with Crippen LogP contribution < -0.4 is 4.90 Å². The first-order chi connectivity index (χ1) is 14.7. The smallest absolute Gasteiger partial charge is 0.282 e. The number of anilines is 1. The lowest BCUT2D eigenvalue weighted by molar-refractivity contribution is -0.120. The minimum Gasteiger partial charge on any atom is -0.366 e. The van der Waals surface area contributed by atoms with Crippen molar-refractivity contribution in [1.29, 1.82) is 0 Å². The van der Waals surface area contributed by atoms with Crippen LogP contribution in [0, 0.1) is 31.5 Å². The predicted octanol–water partition coefficient (Wildman–Crippen LogP) is 5.36. The lowest BCUT2D eigenvalue weighted by atomic mass is 9.90. The largest absolute Gasteiger partial charge is 0.366 e. The van der Waals surface area contributed by atoms with E-state index in [2.05, 4.69) is 18.7 Å². The van der Waals surface area contributed by atoms with Gasteiger partial charge in [-0.25, -0.2) is 9.29 Å². The lowest BCUT2D eigenvalue weighted by Gasteiger charge is -2.37. The van der Waals surface area contributed by atoms with Crippen molar-refractivity contribution in [3.63, 3.8) is 0 Å². The first-order valence-corrected chi connectivity index (χ1v) is 11.0. The average molecular weight is 441 g/mol. The first kappa shape index (κ1) is 21.6. The maximum absolute atomic E-state index is 13.7. The molecule has 0 spiro atoms. The Labute approximate surface area is 187 Å². The fourth-order valence-electron chi connectivity index (χ4n) is 4.67. The molecule has 0 aliphatic carbocycles. The summed E-state index contributed by atoms with van der Waals surface area (Å²) in [5, 5.41) is -0.125. The van der Waals surface area contributed by atoms with E-state index < -0.39 is 11.7 Å². The highest BCUT2D eigenvalue weighted by Gasteiger charge is 2.43. The van der Waals surface area contributed by atoms with Crippen LogP contribution in [-0.2, 0) is 9.59 Å². The molecular formula is C25H26ClFN2O2. The van der Waals surface area contributed by atoms with Gasteiger partial charge in [-0.1, -0.05) is 43.6 Å². The zero-order valence-electron chi connectivity index (χ0n) is 18.2. The quantitative estimate of drug-likeness (QED) is 0.603. The molecule has 0 N–H and O–H groups in total. The molecule has 2 aromatic carbocycles. The molecule has 1 saturated heterocycles. The Morgan fingerprint density at radius 1 is 0.935 bits per heavy atom. The van der Waals surface area contributed by atoms with Crippen LogP contribution >= 0.6 is 11.6 Å². The number of benzene rings is 2. The molecule has 0 bridgehead atoms. The third-order valence-electron chi connectivity index (χ3n) is 6.20. The number of rotatable bonds is 3. The minimum absolute atomic E-state index is 0.125. The summed E-state index contributed by atoms with van der Waals surface area (Å²) in [7, 11) is 0. The number of imide groups is 1. The van der Waals surface area contributed by atoms with E-state index in [0.29, 0.717) is 36.2 Å². The summed E-state index contributed by atoms with van der Waals surface area (Å²) in [5.41, 5.74) is 3.98. The number of likely N-dealkylation sites (tertiary alicyclic amines) is 1. The van der Waals surface area contributed by atoms with Gasteiger partial charge in [0, 0.05) is 13.1 Å². The normalized spacial score (nSPS) is 22.0. The van der Waals surface area contributed by atoms with E-state index in [1.165, 1.54) is 18.2 Å². The molecule has 0 radical (unpaired) electrons. The molecule has 2 heterocycles. The maximum atomic E-state index is 13.7. The first-order valence-electron chi connectivity index (χ1n) is 10.6. The van der Waals surface area contributed by atoms with E-state index in [-0.39, 0.29) is 16.6 Å². The molecule has 2 unspecified atom stereocenters. The highest BCUT2D eigenvalue weighted by Crippen LogP contribution is 2.38. The van der Waals surface area contributed by atoms with Crippen molar-refractivity contribution in [3.8, 4) is 0 Å². The van der Waals surface area contributed by atoms with Crippen molar-refractivity contribution in [1.82, 2.24) is 4.90 Å². The third kappa shape index (κ3) is 3.87. The van der Waals surface area contributed by atoms with Gasteiger partial charge in [0.05, 0.1) is 16.3 Å². The number of nitrogens with zero attached hydrogens (tertiary/aromatic N) is 2. The van der Waals surface area contributed by atoms with E-state index in [1.54, 1.807) is 0 Å². The van der Waals surface area contributed by atoms with Crippen LogP contribution in [0.15, 0.2) is 42.1 Å². The fourth-order valence-corrected chi connectivity index (χ4v) is 4.85. The van der Waals surface area contributed by atoms with E-state index in [4.69, 9.17) is 11.6 Å². The van der Waals surface area contributed by atoms with Gasteiger partial charge in [-0.2, -0.15) is 0 Å². The Balaban J connectivity index is 1.86. The highest BCUT2D eigenvalue weighted by atomic mass is 35.5. The molecule has 4 rings (SSSR count). The van der Waals surface area contributed by atoms with Gasteiger partial charge in [-0.15, -0.1) is 0 Å². The van der Waals surface area contributed by atoms with Crippen molar-refractivity contribution < 1.29 is 14.0 Å². The average Bonchev–Trinajstić information content (AvgIpc) is 2.96. The highest BCUT2D eigenvalue weighted by molar-refractivity contribution is 6.45. The Morgan fingerprint density at radius 3 is 2.23 bits per heavy atom. The van der Waals surface area contributed by atoms with Crippen LogP contribution in [0.5, 0.6) is 0 Å². The van der Waals surface area contributed by atoms with Gasteiger partial charge in [0.2, 0.25) is 0 Å². The van der Waals surface area contributed by atoms with Gasteiger partial charge >= 0.3 is 0 Å². The number of hydrogen-bond acceptors (Lipinski definition) is 3. The van der Waals surface area contributed by atoms with Crippen LogP contribution in [0.3, 0.4) is 0 Å². The number of aryl methyl sites for hydroxylation is 2. The molecule has 6 heteroatoms. The van der Waals surface area contributed by atoms with Crippen molar-refractivity contribution in [2.24, 2.45) is 11.8 Å². The molecule has 2 aromatic rings. The predicted molar refractivity (Wildman–Crippen MR) is 121 cm³/mol. The van der Waals surface area contributed by atoms with Crippen LogP contribution in [0.25, 0.3) is 5.57 Å². The van der Waals surface area contributed by atoms with Gasteiger partial charge in [-0.3, -0.25) is 9.59 Å². The molecule has 4 nitrogen and oxygen atoms in total. The second-order valence-electron chi connectivity index (χ2n) is 8.92. The number of amides is 2. The Hall–Kier alpha value is -2.66. The van der Waals surface area contributed by atoms with Crippen LogP contribution in [0.4, 0.5) is 10.1 Å². The van der Waals surface area contributed by atoms with Crippen molar-refractivity contribution >= 4 is 34.7 Å². The maximum Gasteiger partial charge on any atom is 0.282 e. The van der Waals surface area contributed by atoms with Gasteiger partial charge < -0.3 is 4.90 Å². The summed E-state index contributed by atoms with van der Waals surface area (Å²) in [6.45, 7) is 9.76. The van der Waals surface area contributed by atoms with E-state index in [1.807, 2.05) is 32.0 Å². The van der Waals surface area contributed by atoms with Crippen molar-refractivity contribution in [2.45, 2.75) is 34.1 Å². The third-order valence-corrected chi connectivity index (χ3v) is 6.49. The summed E-state index contributed by atoms with van der Waals surface area (Å²) < 4.78 is 13.7. The Morgan fingerprint density at radius 2 is 1.61 bits per heavy atom. The number of halogens is 2. The van der Waals surface area contributed by atoms with E-state index >= 15 is 0 Å². The van der Waals surface area contributed by atoms with E-state index in [0.717, 1.165) is 28.0 Å². The van der Waals surface area contributed by atoms with Crippen molar-refractivity contribution in [3.05, 3.63) is 69.6 Å². The molecule has 2 aliphatic heterocycles. The molecule has 2 aliphatic rings. The zero-order valence-corrected chi connectivity index (χ0v) is 19.0. The summed E-state index contributed by atoms with van der Waals surface area (Å²) in [6.07, 6.45) is 1.09. The fraction of sp³-hybridized carbons (Fsp3) is 0.360. The summed E-state index contributed by atoms with van der Waals surface area (Å²) in [5.74, 6) is -0.561. The van der Waals surface area contributed by atoms with Crippen LogP contribution in [-0.4, -0.2) is 29.8 Å². The van der Waals surface area contributed by atoms with Gasteiger partial charge in [0.15, 0.2) is 0 Å². The Bertz CT molecular complexity index is 1100. The SMILES string of the molecule is Cc1ccc(C2=C(N3CC(C)CC(C)C3)C(=O)N(c3ccc(F)c(Cl)c3)C2=O)cc1C. The second-order valence-corrected chi connectivity index (χ2v) is 9.33. The molecule has 2 amide bonds. The molecule has 0 aromatic heterocycles. The second kappa shape index (κ2) is 8.12. The number of piperidine rings is 1.